The van der Waals surface area contributed by atoms with Crippen molar-refractivity contribution in [1.82, 2.24) is 0 Å². The lowest BCUT2D eigenvalue weighted by Crippen LogP contribution is -2.32. The number of ether oxygens (including phenoxy) is 1. The van der Waals surface area contributed by atoms with E-state index < -0.39 is 15.1 Å². The first kappa shape index (κ1) is 17.8. The highest BCUT2D eigenvalue weighted by molar-refractivity contribution is 7.92. The second kappa shape index (κ2) is 7.34. The molecule has 1 unspecified atom stereocenters. The minimum absolute atomic E-state index is 0.0518. The van der Waals surface area contributed by atoms with Gasteiger partial charge >= 0.3 is 5.97 Å². The van der Waals surface area contributed by atoms with E-state index in [2.05, 4.69) is 0 Å². The van der Waals surface area contributed by atoms with Crippen LogP contribution < -0.4 is 0 Å². The number of sulfone groups is 1. The van der Waals surface area contributed by atoms with E-state index in [9.17, 15) is 18.3 Å². The van der Waals surface area contributed by atoms with E-state index in [-0.39, 0.29) is 28.5 Å². The van der Waals surface area contributed by atoms with Gasteiger partial charge in [0.2, 0.25) is 0 Å². The van der Waals surface area contributed by atoms with Crippen molar-refractivity contribution in [3.05, 3.63) is 24.3 Å². The van der Waals surface area contributed by atoms with Gasteiger partial charge in [-0.1, -0.05) is 6.92 Å². The first-order valence-corrected chi connectivity index (χ1v) is 9.60. The van der Waals surface area contributed by atoms with Crippen LogP contribution in [0.4, 0.5) is 0 Å². The summed E-state index contributed by atoms with van der Waals surface area (Å²) in [6.07, 6.45) is 2.53. The average Bonchev–Trinajstić information content (AvgIpc) is 2.55. The van der Waals surface area contributed by atoms with E-state index in [0.717, 1.165) is 0 Å². The van der Waals surface area contributed by atoms with Crippen LogP contribution in [-0.2, 0) is 19.4 Å². The number of esters is 1. The summed E-state index contributed by atoms with van der Waals surface area (Å²) in [6.45, 7) is 4.01. The largest absolute Gasteiger partial charge is 0.508 e. The van der Waals surface area contributed by atoms with Crippen LogP contribution in [-0.4, -0.2) is 31.4 Å². The number of carbonyl (C=O) groups excluding carboxylic acids is 1. The molecule has 0 radical (unpaired) electrons. The summed E-state index contributed by atoms with van der Waals surface area (Å²) in [7, 11) is -3.39. The van der Waals surface area contributed by atoms with Crippen LogP contribution in [0.3, 0.4) is 0 Å². The Bertz CT molecular complexity index is 627. The predicted octanol–water partition coefficient (Wildman–Crippen LogP) is 2.92. The molecule has 1 aromatic carbocycles. The van der Waals surface area contributed by atoms with Crippen molar-refractivity contribution < 1.29 is 23.1 Å². The topological polar surface area (TPSA) is 80.7 Å². The maximum atomic E-state index is 12.6. The molecule has 5 nitrogen and oxygen atoms in total. The van der Waals surface area contributed by atoms with E-state index in [4.69, 9.17) is 4.74 Å². The van der Waals surface area contributed by atoms with Crippen LogP contribution in [0, 0.1) is 11.8 Å². The Labute approximate surface area is 137 Å². The molecule has 1 N–H and O–H groups in total. The summed E-state index contributed by atoms with van der Waals surface area (Å²) in [5.41, 5.74) is 0. The molecule has 23 heavy (non-hydrogen) atoms. The van der Waals surface area contributed by atoms with Gasteiger partial charge in [0.25, 0.3) is 0 Å². The summed E-state index contributed by atoms with van der Waals surface area (Å²) in [4.78, 5) is 12.1. The van der Waals surface area contributed by atoms with Gasteiger partial charge in [-0.2, -0.15) is 0 Å². The third kappa shape index (κ3) is 4.05. The molecular formula is C17H24O5S. The van der Waals surface area contributed by atoms with Crippen LogP contribution in [0.25, 0.3) is 0 Å². The number of aromatic hydroxyl groups is 1. The van der Waals surface area contributed by atoms with Gasteiger partial charge in [-0.05, 0) is 62.8 Å². The Hall–Kier alpha value is -1.56. The molecule has 0 amide bonds. The van der Waals surface area contributed by atoms with Crippen molar-refractivity contribution in [3.63, 3.8) is 0 Å². The minimum Gasteiger partial charge on any atom is -0.508 e. The maximum Gasteiger partial charge on any atom is 0.308 e. The number of hydrogen-bond acceptors (Lipinski definition) is 5. The lowest BCUT2D eigenvalue weighted by molar-refractivity contribution is -0.149. The number of benzene rings is 1. The zero-order valence-corrected chi connectivity index (χ0v) is 14.4. The number of carbonyl (C=O) groups is 1. The molecule has 0 bridgehead atoms. The maximum absolute atomic E-state index is 12.6. The first-order chi connectivity index (χ1) is 10.9. The monoisotopic (exact) mass is 340 g/mol. The zero-order valence-electron chi connectivity index (χ0n) is 13.6. The van der Waals surface area contributed by atoms with Gasteiger partial charge in [0.05, 0.1) is 22.7 Å². The zero-order chi connectivity index (χ0) is 17.0. The van der Waals surface area contributed by atoms with E-state index in [1.165, 1.54) is 24.3 Å². The van der Waals surface area contributed by atoms with Crippen molar-refractivity contribution >= 4 is 15.8 Å². The van der Waals surface area contributed by atoms with Gasteiger partial charge in [-0.15, -0.1) is 0 Å². The molecule has 6 heteroatoms. The summed E-state index contributed by atoms with van der Waals surface area (Å²) < 4.78 is 30.3. The smallest absolute Gasteiger partial charge is 0.308 e. The van der Waals surface area contributed by atoms with Crippen molar-refractivity contribution in [1.29, 1.82) is 0 Å². The lowest BCUT2D eigenvalue weighted by Gasteiger charge is -2.31. The molecule has 0 aliphatic heterocycles. The van der Waals surface area contributed by atoms with E-state index >= 15 is 0 Å². The Morgan fingerprint density at radius 1 is 1.22 bits per heavy atom. The molecule has 1 saturated carbocycles. The molecular weight excluding hydrogens is 316 g/mol. The van der Waals surface area contributed by atoms with Crippen molar-refractivity contribution in [3.8, 4) is 5.75 Å². The molecule has 0 aromatic heterocycles. The van der Waals surface area contributed by atoms with Crippen LogP contribution in [0.1, 0.15) is 39.5 Å². The number of rotatable bonds is 5. The Kier molecular flexibility index (Phi) is 5.68. The fourth-order valence-corrected chi connectivity index (χ4v) is 4.99. The molecule has 0 heterocycles. The van der Waals surface area contributed by atoms with Crippen LogP contribution in [0.2, 0.25) is 0 Å². The average molecular weight is 340 g/mol. The quantitative estimate of drug-likeness (QED) is 0.834. The highest BCUT2D eigenvalue weighted by Crippen LogP contribution is 2.36. The van der Waals surface area contributed by atoms with Crippen molar-refractivity contribution in [2.24, 2.45) is 11.8 Å². The third-order valence-corrected chi connectivity index (χ3v) is 6.97. The molecule has 1 aliphatic carbocycles. The predicted molar refractivity (Wildman–Crippen MR) is 86.8 cm³/mol. The number of phenolic OH excluding ortho intramolecular Hbond substituents is 1. The Balaban J connectivity index is 2.01. The molecule has 2 rings (SSSR count). The SMILES string of the molecule is CCOC(=O)C(C)C1CCC(S(=O)(=O)c2ccc(O)cc2)CC1. The highest BCUT2D eigenvalue weighted by atomic mass is 32.2. The fourth-order valence-electron chi connectivity index (χ4n) is 3.19. The van der Waals surface area contributed by atoms with Gasteiger partial charge in [0.1, 0.15) is 5.75 Å². The number of hydrogen-bond donors (Lipinski definition) is 1. The number of phenols is 1. The van der Waals surface area contributed by atoms with Gasteiger partial charge in [0, 0.05) is 0 Å². The Morgan fingerprint density at radius 3 is 2.30 bits per heavy atom. The van der Waals surface area contributed by atoms with Gasteiger partial charge in [-0.3, -0.25) is 4.79 Å². The molecule has 0 spiro atoms. The summed E-state index contributed by atoms with van der Waals surface area (Å²) in [5.74, 6) is -0.152. The van der Waals surface area contributed by atoms with E-state index in [0.29, 0.717) is 32.3 Å². The highest BCUT2D eigenvalue weighted by Gasteiger charge is 2.35. The van der Waals surface area contributed by atoms with E-state index in [1.54, 1.807) is 6.92 Å². The standard InChI is InChI=1S/C17H24O5S/c1-3-22-17(19)12(2)13-4-8-15(9-5-13)23(20,21)16-10-6-14(18)7-11-16/h6-7,10-13,15,18H,3-5,8-9H2,1-2H3. The summed E-state index contributed by atoms with van der Waals surface area (Å²) in [5, 5.41) is 8.87. The fraction of sp³-hybridized carbons (Fsp3) is 0.588. The molecule has 1 atom stereocenters. The lowest BCUT2D eigenvalue weighted by atomic mass is 9.80. The molecule has 128 valence electrons. The molecule has 1 fully saturated rings. The third-order valence-electron chi connectivity index (χ3n) is 4.69. The van der Waals surface area contributed by atoms with E-state index in [1.807, 2.05) is 6.92 Å². The van der Waals surface area contributed by atoms with Gasteiger partial charge in [0.15, 0.2) is 9.84 Å². The van der Waals surface area contributed by atoms with Crippen LogP contribution in [0.15, 0.2) is 29.2 Å². The summed E-state index contributed by atoms with van der Waals surface area (Å²) in [6, 6.07) is 5.67. The van der Waals surface area contributed by atoms with Crippen molar-refractivity contribution in [2.45, 2.75) is 49.7 Å². The van der Waals surface area contributed by atoms with Gasteiger partial charge < -0.3 is 9.84 Å². The molecule has 0 saturated heterocycles. The first-order valence-electron chi connectivity index (χ1n) is 8.05. The molecule has 1 aliphatic rings. The Morgan fingerprint density at radius 2 is 1.78 bits per heavy atom. The second-order valence-electron chi connectivity index (χ2n) is 6.12. The normalized spacial score (nSPS) is 23.2. The summed E-state index contributed by atoms with van der Waals surface area (Å²) >= 11 is 0. The minimum atomic E-state index is -3.39. The van der Waals surface area contributed by atoms with Crippen LogP contribution in [0.5, 0.6) is 5.75 Å². The molecule has 1 aromatic rings. The van der Waals surface area contributed by atoms with Crippen molar-refractivity contribution in [2.75, 3.05) is 6.61 Å². The second-order valence-corrected chi connectivity index (χ2v) is 8.34. The van der Waals surface area contributed by atoms with Gasteiger partial charge in [-0.25, -0.2) is 8.42 Å². The van der Waals surface area contributed by atoms with Crippen LogP contribution >= 0.6 is 0 Å².